The Balaban J connectivity index is 2.56. The minimum Gasteiger partial charge on any atom is -0.308 e. The van der Waals surface area contributed by atoms with Gasteiger partial charge in [-0.05, 0) is 48.0 Å². The third kappa shape index (κ3) is 2.63. The molecule has 0 spiro atoms. The lowest BCUT2D eigenvalue weighted by Gasteiger charge is -2.13. The molecule has 0 saturated carbocycles. The van der Waals surface area contributed by atoms with Crippen LogP contribution in [0.25, 0.3) is 11.4 Å². The molecule has 0 radical (unpaired) electrons. The van der Waals surface area contributed by atoms with Gasteiger partial charge < -0.3 is 4.57 Å². The van der Waals surface area contributed by atoms with Gasteiger partial charge in [-0.1, -0.05) is 27.5 Å². The van der Waals surface area contributed by atoms with Crippen molar-refractivity contribution in [2.75, 3.05) is 0 Å². The maximum absolute atomic E-state index is 6.12. The maximum atomic E-state index is 6.12. The Morgan fingerprint density at radius 3 is 2.61 bits per heavy atom. The number of aromatic nitrogens is 3. The summed E-state index contributed by atoms with van der Waals surface area (Å²) in [4.78, 5) is 0. The quantitative estimate of drug-likeness (QED) is 0.699. The SMILES string of the molecule is CC(C)n1c(CBr)nnc1-c1ccc(Br)c(Cl)c1. The molecule has 0 N–H and O–H groups in total. The highest BCUT2D eigenvalue weighted by atomic mass is 79.9. The van der Waals surface area contributed by atoms with E-state index >= 15 is 0 Å². The summed E-state index contributed by atoms with van der Waals surface area (Å²) in [5, 5.41) is 9.81. The van der Waals surface area contributed by atoms with Crippen LogP contribution in [0.2, 0.25) is 5.02 Å². The molecule has 0 amide bonds. The third-order valence-corrected chi connectivity index (χ3v) is 4.31. The van der Waals surface area contributed by atoms with Crippen LogP contribution in [0.15, 0.2) is 22.7 Å². The number of nitrogens with zero attached hydrogens (tertiary/aromatic N) is 3. The van der Waals surface area contributed by atoms with Gasteiger partial charge >= 0.3 is 0 Å². The van der Waals surface area contributed by atoms with E-state index < -0.39 is 0 Å². The van der Waals surface area contributed by atoms with E-state index in [0.717, 1.165) is 21.7 Å². The first-order valence-corrected chi connectivity index (χ1v) is 7.79. The summed E-state index contributed by atoms with van der Waals surface area (Å²) in [6.45, 7) is 4.22. The van der Waals surface area contributed by atoms with Gasteiger partial charge in [0.1, 0.15) is 5.82 Å². The standard InChI is InChI=1S/C12H12Br2ClN3/c1-7(2)18-11(6-13)16-17-12(18)8-3-4-9(14)10(15)5-8/h3-5,7H,6H2,1-2H3. The van der Waals surface area contributed by atoms with Gasteiger partial charge in [0, 0.05) is 16.1 Å². The molecule has 0 aliphatic heterocycles. The molecule has 0 fully saturated rings. The molecule has 6 heteroatoms. The second-order valence-corrected chi connectivity index (χ2v) is 5.99. The lowest BCUT2D eigenvalue weighted by Crippen LogP contribution is -2.06. The summed E-state index contributed by atoms with van der Waals surface area (Å²) in [7, 11) is 0. The molecule has 1 aromatic carbocycles. The number of rotatable bonds is 3. The largest absolute Gasteiger partial charge is 0.308 e. The second-order valence-electron chi connectivity index (χ2n) is 4.17. The van der Waals surface area contributed by atoms with Crippen LogP contribution >= 0.6 is 43.5 Å². The average molecular weight is 394 g/mol. The Hall–Kier alpha value is -0.390. The van der Waals surface area contributed by atoms with Crippen molar-refractivity contribution in [2.24, 2.45) is 0 Å². The molecule has 0 bridgehead atoms. The normalized spacial score (nSPS) is 11.2. The molecule has 0 saturated heterocycles. The van der Waals surface area contributed by atoms with Crippen LogP contribution in [-0.4, -0.2) is 14.8 Å². The Morgan fingerprint density at radius 1 is 1.33 bits per heavy atom. The van der Waals surface area contributed by atoms with E-state index in [-0.39, 0.29) is 0 Å². The molecular weight excluding hydrogens is 381 g/mol. The van der Waals surface area contributed by atoms with Gasteiger partial charge in [-0.25, -0.2) is 0 Å². The topological polar surface area (TPSA) is 30.7 Å². The first-order valence-electron chi connectivity index (χ1n) is 5.49. The fourth-order valence-electron chi connectivity index (χ4n) is 1.79. The van der Waals surface area contributed by atoms with Crippen molar-refractivity contribution in [3.8, 4) is 11.4 Å². The Morgan fingerprint density at radius 2 is 2.06 bits per heavy atom. The Labute approximate surface area is 128 Å². The lowest BCUT2D eigenvalue weighted by atomic mass is 10.2. The molecule has 96 valence electrons. The van der Waals surface area contributed by atoms with Crippen molar-refractivity contribution in [3.05, 3.63) is 33.5 Å². The summed E-state index contributed by atoms with van der Waals surface area (Å²) in [6, 6.07) is 6.10. The zero-order valence-corrected chi connectivity index (χ0v) is 13.9. The lowest BCUT2D eigenvalue weighted by molar-refractivity contribution is 0.586. The summed E-state index contributed by atoms with van der Waals surface area (Å²) < 4.78 is 2.98. The monoisotopic (exact) mass is 391 g/mol. The van der Waals surface area contributed by atoms with Gasteiger partial charge in [0.2, 0.25) is 0 Å². The highest BCUT2D eigenvalue weighted by Crippen LogP contribution is 2.29. The fourth-order valence-corrected chi connectivity index (χ4v) is 2.60. The fraction of sp³-hybridized carbons (Fsp3) is 0.333. The van der Waals surface area contributed by atoms with Gasteiger partial charge in [0.15, 0.2) is 5.82 Å². The highest BCUT2D eigenvalue weighted by molar-refractivity contribution is 9.10. The molecule has 1 heterocycles. The average Bonchev–Trinajstić information content (AvgIpc) is 2.76. The van der Waals surface area contributed by atoms with Crippen LogP contribution in [0.4, 0.5) is 0 Å². The van der Waals surface area contributed by atoms with Crippen LogP contribution in [0.1, 0.15) is 25.7 Å². The van der Waals surface area contributed by atoms with E-state index in [4.69, 9.17) is 11.6 Å². The number of hydrogen-bond acceptors (Lipinski definition) is 2. The second kappa shape index (κ2) is 5.72. The van der Waals surface area contributed by atoms with E-state index in [9.17, 15) is 0 Å². The summed E-state index contributed by atoms with van der Waals surface area (Å²) in [5.74, 6) is 1.76. The maximum Gasteiger partial charge on any atom is 0.164 e. The molecule has 3 nitrogen and oxygen atoms in total. The van der Waals surface area contributed by atoms with E-state index in [2.05, 4.69) is 60.5 Å². The summed E-state index contributed by atoms with van der Waals surface area (Å²) >= 11 is 12.9. The smallest absolute Gasteiger partial charge is 0.164 e. The number of alkyl halides is 1. The van der Waals surface area contributed by atoms with Crippen LogP contribution in [0.5, 0.6) is 0 Å². The van der Waals surface area contributed by atoms with Gasteiger partial charge in [-0.15, -0.1) is 10.2 Å². The van der Waals surface area contributed by atoms with Gasteiger partial charge in [0.25, 0.3) is 0 Å². The molecule has 0 atom stereocenters. The number of benzene rings is 1. The minimum atomic E-state index is 0.296. The predicted molar refractivity (Wildman–Crippen MR) is 81.2 cm³/mol. The molecule has 1 aromatic heterocycles. The van der Waals surface area contributed by atoms with Crippen LogP contribution < -0.4 is 0 Å². The van der Waals surface area contributed by atoms with Crippen molar-refractivity contribution in [2.45, 2.75) is 25.2 Å². The first kappa shape index (κ1) is 14.0. The zero-order chi connectivity index (χ0) is 13.3. The summed E-state index contributed by atoms with van der Waals surface area (Å²) in [6.07, 6.45) is 0. The molecule has 2 aromatic rings. The molecule has 18 heavy (non-hydrogen) atoms. The molecule has 0 unspecified atom stereocenters. The van der Waals surface area contributed by atoms with Crippen molar-refractivity contribution in [3.63, 3.8) is 0 Å². The minimum absolute atomic E-state index is 0.296. The van der Waals surface area contributed by atoms with Gasteiger partial charge in [-0.3, -0.25) is 0 Å². The van der Waals surface area contributed by atoms with E-state index in [1.165, 1.54) is 0 Å². The predicted octanol–water partition coefficient (Wildman–Crippen LogP) is 4.84. The number of hydrogen-bond donors (Lipinski definition) is 0. The molecule has 2 rings (SSSR count). The van der Waals surface area contributed by atoms with Gasteiger partial charge in [0.05, 0.1) is 10.4 Å². The van der Waals surface area contributed by atoms with Crippen LogP contribution in [-0.2, 0) is 5.33 Å². The Bertz CT molecular complexity index is 566. The van der Waals surface area contributed by atoms with Crippen molar-refractivity contribution >= 4 is 43.5 Å². The van der Waals surface area contributed by atoms with Gasteiger partial charge in [-0.2, -0.15) is 0 Å². The van der Waals surface area contributed by atoms with E-state index in [1.54, 1.807) is 0 Å². The summed E-state index contributed by atoms with van der Waals surface area (Å²) in [5.41, 5.74) is 0.969. The van der Waals surface area contributed by atoms with Crippen LogP contribution in [0.3, 0.4) is 0 Å². The van der Waals surface area contributed by atoms with Crippen molar-refractivity contribution in [1.29, 1.82) is 0 Å². The highest BCUT2D eigenvalue weighted by Gasteiger charge is 2.16. The number of halogens is 3. The van der Waals surface area contributed by atoms with E-state index in [1.807, 2.05) is 18.2 Å². The third-order valence-electron chi connectivity index (χ3n) is 2.58. The molecule has 0 aliphatic carbocycles. The van der Waals surface area contributed by atoms with Crippen molar-refractivity contribution in [1.82, 2.24) is 14.8 Å². The van der Waals surface area contributed by atoms with E-state index in [0.29, 0.717) is 16.4 Å². The zero-order valence-electron chi connectivity index (χ0n) is 9.99. The van der Waals surface area contributed by atoms with Crippen molar-refractivity contribution < 1.29 is 0 Å². The Kier molecular flexibility index (Phi) is 4.45. The first-order chi connectivity index (χ1) is 8.54. The molecule has 0 aliphatic rings. The van der Waals surface area contributed by atoms with Crippen LogP contribution in [0, 0.1) is 0 Å². The molecular formula is C12H12Br2ClN3.